The van der Waals surface area contributed by atoms with Crippen LogP contribution in [0, 0.1) is 0 Å². The lowest BCUT2D eigenvalue weighted by atomic mass is 10.00. The largest absolute Gasteiger partial charge is 0.409 e. The van der Waals surface area contributed by atoms with Crippen LogP contribution in [0.4, 0.5) is 5.82 Å². The molecule has 5 rings (SSSR count). The van der Waals surface area contributed by atoms with E-state index in [-0.39, 0.29) is 18.0 Å². The van der Waals surface area contributed by atoms with Crippen molar-refractivity contribution in [2.75, 3.05) is 11.4 Å². The second-order valence-corrected chi connectivity index (χ2v) is 9.95. The van der Waals surface area contributed by atoms with Crippen LogP contribution >= 0.6 is 23.2 Å². The lowest BCUT2D eigenvalue weighted by molar-refractivity contribution is 0.0174. The first-order valence-corrected chi connectivity index (χ1v) is 12.5. The number of oxime groups is 1. The minimum Gasteiger partial charge on any atom is -0.409 e. The van der Waals surface area contributed by atoms with Gasteiger partial charge in [-0.25, -0.2) is 4.98 Å². The van der Waals surface area contributed by atoms with Crippen LogP contribution in [-0.2, 0) is 11.3 Å². The van der Waals surface area contributed by atoms with Gasteiger partial charge in [-0.2, -0.15) is 0 Å². The summed E-state index contributed by atoms with van der Waals surface area (Å²) in [6.07, 6.45) is 5.61. The molecule has 2 aliphatic rings. The summed E-state index contributed by atoms with van der Waals surface area (Å²) in [5, 5.41) is 17.3. The lowest BCUT2D eigenvalue weighted by Crippen LogP contribution is -2.44. The van der Waals surface area contributed by atoms with Crippen LogP contribution in [0.25, 0.3) is 11.3 Å². The number of pyridine rings is 1. The summed E-state index contributed by atoms with van der Waals surface area (Å²) in [5.41, 5.74) is 8.52. The number of anilines is 1. The molecular weight excluding hydrogens is 489 g/mol. The first kappa shape index (κ1) is 23.9. The van der Waals surface area contributed by atoms with Crippen molar-refractivity contribution >= 4 is 34.9 Å². The molecule has 1 aliphatic heterocycles. The quantitative estimate of drug-likeness (QED) is 0.182. The predicted molar refractivity (Wildman–Crippen MR) is 135 cm³/mol. The second-order valence-electron chi connectivity index (χ2n) is 9.14. The Morgan fingerprint density at radius 3 is 2.63 bits per heavy atom. The fraction of sp³-hybridized carbons (Fsp3) is 0.400. The van der Waals surface area contributed by atoms with Gasteiger partial charge in [0.05, 0.1) is 22.8 Å². The molecule has 0 spiro atoms. The molecule has 10 heteroatoms. The van der Waals surface area contributed by atoms with Crippen LogP contribution in [-0.4, -0.2) is 39.9 Å². The first-order valence-electron chi connectivity index (χ1n) is 11.7. The maximum absolute atomic E-state index is 8.84. The lowest BCUT2D eigenvalue weighted by Gasteiger charge is -2.38. The normalized spacial score (nSPS) is 20.9. The number of hydrogen-bond acceptors (Lipinski definition) is 7. The van der Waals surface area contributed by atoms with E-state index in [9.17, 15) is 0 Å². The Labute approximate surface area is 213 Å². The number of halogens is 2. The van der Waals surface area contributed by atoms with E-state index < -0.39 is 0 Å². The molecule has 184 valence electrons. The van der Waals surface area contributed by atoms with Crippen LogP contribution in [0.5, 0.6) is 0 Å². The Morgan fingerprint density at radius 1 is 1.23 bits per heavy atom. The summed E-state index contributed by atoms with van der Waals surface area (Å²) in [4.78, 5) is 6.75. The Bertz CT molecular complexity index is 1210. The molecule has 0 radical (unpaired) electrons. The highest BCUT2D eigenvalue weighted by Crippen LogP contribution is 2.46. The van der Waals surface area contributed by atoms with Gasteiger partial charge in [0.1, 0.15) is 17.3 Å². The molecule has 3 N–H and O–H groups in total. The third-order valence-corrected chi connectivity index (χ3v) is 7.33. The van der Waals surface area contributed by atoms with Gasteiger partial charge < -0.3 is 25.1 Å². The smallest absolute Gasteiger partial charge is 0.171 e. The van der Waals surface area contributed by atoms with Gasteiger partial charge in [-0.15, -0.1) is 0 Å². The summed E-state index contributed by atoms with van der Waals surface area (Å²) in [7, 11) is 0. The number of aromatic nitrogens is 2. The summed E-state index contributed by atoms with van der Waals surface area (Å²) < 4.78 is 12.2. The van der Waals surface area contributed by atoms with Crippen molar-refractivity contribution in [3.8, 4) is 11.3 Å². The Hall–Kier alpha value is -2.81. The number of nitrogens with two attached hydrogens (primary N) is 1. The zero-order valence-electron chi connectivity index (χ0n) is 19.3. The number of hydrogen-bond donors (Lipinski definition) is 2. The van der Waals surface area contributed by atoms with E-state index in [2.05, 4.69) is 27.1 Å². The Balaban J connectivity index is 1.28. The van der Waals surface area contributed by atoms with Crippen LogP contribution in [0.15, 0.2) is 46.2 Å². The van der Waals surface area contributed by atoms with Gasteiger partial charge in [0.2, 0.25) is 0 Å². The summed E-state index contributed by atoms with van der Waals surface area (Å²) >= 11 is 12.9. The summed E-state index contributed by atoms with van der Waals surface area (Å²) in [6.45, 7) is 3.37. The molecule has 2 fully saturated rings. The minimum absolute atomic E-state index is 0.0426. The molecule has 1 saturated carbocycles. The van der Waals surface area contributed by atoms with Crippen LogP contribution < -0.4 is 10.6 Å². The second kappa shape index (κ2) is 10.0. The van der Waals surface area contributed by atoms with E-state index >= 15 is 0 Å². The van der Waals surface area contributed by atoms with E-state index in [0.717, 1.165) is 49.4 Å². The third-order valence-electron chi connectivity index (χ3n) is 6.70. The zero-order chi connectivity index (χ0) is 24.5. The van der Waals surface area contributed by atoms with Gasteiger partial charge in [-0.05, 0) is 56.9 Å². The minimum atomic E-state index is 0.0426. The summed E-state index contributed by atoms with van der Waals surface area (Å²) in [5.74, 6) is 2.17. The summed E-state index contributed by atoms with van der Waals surface area (Å²) in [6, 6.07) is 9.37. The maximum Gasteiger partial charge on any atom is 0.171 e. The molecule has 8 nitrogen and oxygen atoms in total. The number of benzene rings is 1. The number of piperidine rings is 1. The molecule has 35 heavy (non-hydrogen) atoms. The Kier molecular flexibility index (Phi) is 6.86. The van der Waals surface area contributed by atoms with E-state index in [0.29, 0.717) is 39.4 Å². The fourth-order valence-corrected chi connectivity index (χ4v) is 5.21. The monoisotopic (exact) mass is 515 g/mol. The molecule has 2 aromatic heterocycles. The molecule has 3 heterocycles. The van der Waals surface area contributed by atoms with Gasteiger partial charge >= 0.3 is 0 Å². The molecule has 2 unspecified atom stereocenters. The van der Waals surface area contributed by atoms with Gasteiger partial charge in [0.25, 0.3) is 0 Å². The fourth-order valence-electron chi connectivity index (χ4n) is 4.64. The highest BCUT2D eigenvalue weighted by atomic mass is 35.5. The molecule has 0 bridgehead atoms. The Morgan fingerprint density at radius 2 is 2.00 bits per heavy atom. The number of amidine groups is 1. The van der Waals surface area contributed by atoms with Crippen molar-refractivity contribution in [3.05, 3.63) is 63.5 Å². The standard InChI is InChI=1S/C25H27Cl2N5O3/c1-14-11-17(9-10-32(14)21-8-7-16(12-29-21)25(28)30-33)34-13-18-23(31-35-24(18)15-5-6-15)22-19(26)3-2-4-20(22)27/h2-4,7-8,12,14-15,17,33H,5-6,9-11,13H2,1H3,(H2,28,30). The van der Waals surface area contributed by atoms with E-state index in [4.69, 9.17) is 43.4 Å². The van der Waals surface area contributed by atoms with Crippen molar-refractivity contribution in [1.82, 2.24) is 10.1 Å². The predicted octanol–water partition coefficient (Wildman–Crippen LogP) is 5.59. The molecule has 1 aliphatic carbocycles. The van der Waals surface area contributed by atoms with Crippen molar-refractivity contribution < 1.29 is 14.5 Å². The molecule has 1 aromatic carbocycles. The third kappa shape index (κ3) is 4.96. The van der Waals surface area contributed by atoms with Gasteiger partial charge in [-0.1, -0.05) is 39.6 Å². The highest BCUT2D eigenvalue weighted by molar-refractivity contribution is 6.39. The topological polar surface area (TPSA) is 110 Å². The SMILES string of the molecule is CC1CC(OCc2c(-c3c(Cl)cccc3Cl)noc2C2CC2)CCN1c1ccc(/C(N)=N/O)cn1. The zero-order valence-corrected chi connectivity index (χ0v) is 20.8. The average Bonchev–Trinajstić information content (AvgIpc) is 3.62. The van der Waals surface area contributed by atoms with Crippen LogP contribution in [0.1, 0.15) is 55.4 Å². The highest BCUT2D eigenvalue weighted by Gasteiger charge is 2.34. The number of ether oxygens (including phenoxy) is 1. The number of nitrogens with zero attached hydrogens (tertiary/aromatic N) is 4. The van der Waals surface area contributed by atoms with Crippen LogP contribution in [0.3, 0.4) is 0 Å². The average molecular weight is 516 g/mol. The molecule has 2 atom stereocenters. The van der Waals surface area contributed by atoms with E-state index in [1.54, 1.807) is 12.3 Å². The van der Waals surface area contributed by atoms with Crippen molar-refractivity contribution in [1.29, 1.82) is 0 Å². The van der Waals surface area contributed by atoms with Crippen molar-refractivity contribution in [3.63, 3.8) is 0 Å². The van der Waals surface area contributed by atoms with Gasteiger partial charge in [0.15, 0.2) is 5.84 Å². The molecule has 0 amide bonds. The molecule has 1 saturated heterocycles. The van der Waals surface area contributed by atoms with E-state index in [1.807, 2.05) is 24.3 Å². The maximum atomic E-state index is 8.84. The molecule has 3 aromatic rings. The van der Waals surface area contributed by atoms with Crippen molar-refractivity contribution in [2.45, 2.75) is 57.3 Å². The first-order chi connectivity index (χ1) is 17.0. The van der Waals surface area contributed by atoms with Gasteiger partial charge in [0, 0.05) is 41.4 Å². The van der Waals surface area contributed by atoms with E-state index in [1.165, 1.54) is 0 Å². The van der Waals surface area contributed by atoms with Gasteiger partial charge in [-0.3, -0.25) is 0 Å². The number of rotatable bonds is 7. The van der Waals surface area contributed by atoms with Crippen LogP contribution in [0.2, 0.25) is 10.0 Å². The molecular formula is C25H27Cl2N5O3. The van der Waals surface area contributed by atoms with Crippen molar-refractivity contribution in [2.24, 2.45) is 10.9 Å².